The molecule has 3 aromatic rings. The van der Waals surface area contributed by atoms with Crippen molar-refractivity contribution in [3.63, 3.8) is 0 Å². The molecule has 27 heavy (non-hydrogen) atoms. The number of amides is 2. The van der Waals surface area contributed by atoms with E-state index in [1.165, 1.54) is 11.3 Å². The Hall–Kier alpha value is -2.93. The Morgan fingerprint density at radius 2 is 2.22 bits per heavy atom. The summed E-state index contributed by atoms with van der Waals surface area (Å²) in [6.45, 7) is 0.376. The van der Waals surface area contributed by atoms with Gasteiger partial charge in [-0.2, -0.15) is 0 Å². The largest absolute Gasteiger partial charge is 0.467 e. The Morgan fingerprint density at radius 1 is 1.30 bits per heavy atom. The van der Waals surface area contributed by atoms with Crippen LogP contribution in [0.25, 0.3) is 11.3 Å². The molecular weight excluding hydrogens is 362 g/mol. The van der Waals surface area contributed by atoms with Crippen molar-refractivity contribution in [1.82, 2.24) is 10.3 Å². The normalized spacial score (nSPS) is 13.6. The molecule has 6 nitrogen and oxygen atoms in total. The van der Waals surface area contributed by atoms with Gasteiger partial charge in [-0.1, -0.05) is 6.07 Å². The van der Waals surface area contributed by atoms with Crippen LogP contribution in [0.1, 0.15) is 29.2 Å². The average Bonchev–Trinajstić information content (AvgIpc) is 3.30. The summed E-state index contributed by atoms with van der Waals surface area (Å²) < 4.78 is 5.20. The fourth-order valence-electron chi connectivity index (χ4n) is 3.06. The number of hydrogen-bond acceptors (Lipinski definition) is 5. The molecule has 0 radical (unpaired) electrons. The number of aromatic nitrogens is 1. The Balaban J connectivity index is 1.42. The Morgan fingerprint density at radius 3 is 3.07 bits per heavy atom. The molecule has 0 saturated carbocycles. The number of rotatable bonds is 5. The molecule has 0 saturated heterocycles. The molecule has 3 heterocycles. The van der Waals surface area contributed by atoms with Crippen molar-refractivity contribution in [3.05, 3.63) is 58.3 Å². The SMILES string of the molecule is O=C(Cc1nc(-c2ccc3c(c2)CCCC(=O)N3)cs1)NCc1ccco1. The predicted octanol–water partition coefficient (Wildman–Crippen LogP) is 3.54. The zero-order valence-corrected chi connectivity index (χ0v) is 15.5. The summed E-state index contributed by atoms with van der Waals surface area (Å²) in [5.41, 5.74) is 3.87. The molecule has 0 fully saturated rings. The van der Waals surface area contributed by atoms with Crippen LogP contribution < -0.4 is 10.6 Å². The number of hydrogen-bond donors (Lipinski definition) is 2. The molecule has 0 bridgehead atoms. The number of anilines is 1. The number of thiazole rings is 1. The van der Waals surface area contributed by atoms with Crippen LogP contribution in [0.15, 0.2) is 46.4 Å². The zero-order chi connectivity index (χ0) is 18.6. The van der Waals surface area contributed by atoms with E-state index in [-0.39, 0.29) is 18.2 Å². The summed E-state index contributed by atoms with van der Waals surface area (Å²) in [4.78, 5) is 28.4. The van der Waals surface area contributed by atoms with E-state index >= 15 is 0 Å². The van der Waals surface area contributed by atoms with Gasteiger partial charge in [0.25, 0.3) is 0 Å². The van der Waals surface area contributed by atoms with Crippen molar-refractivity contribution in [2.24, 2.45) is 0 Å². The fraction of sp³-hybridized carbons (Fsp3) is 0.250. The van der Waals surface area contributed by atoms with Gasteiger partial charge in [-0.25, -0.2) is 4.98 Å². The highest BCUT2D eigenvalue weighted by Crippen LogP contribution is 2.29. The van der Waals surface area contributed by atoms with E-state index in [4.69, 9.17) is 4.42 Å². The third kappa shape index (κ3) is 4.25. The lowest BCUT2D eigenvalue weighted by atomic mass is 10.0. The van der Waals surface area contributed by atoms with Gasteiger partial charge in [0, 0.05) is 23.1 Å². The first kappa shape index (κ1) is 17.5. The average molecular weight is 381 g/mol. The second kappa shape index (κ2) is 7.75. The molecular formula is C20H19N3O3S. The summed E-state index contributed by atoms with van der Waals surface area (Å²) in [6.07, 6.45) is 4.10. The van der Waals surface area contributed by atoms with Crippen LogP contribution in [0.5, 0.6) is 0 Å². The van der Waals surface area contributed by atoms with Gasteiger partial charge >= 0.3 is 0 Å². The molecule has 4 rings (SSSR count). The molecule has 0 spiro atoms. The second-order valence-electron chi connectivity index (χ2n) is 6.43. The van der Waals surface area contributed by atoms with E-state index in [0.717, 1.165) is 46.1 Å². The molecule has 2 N–H and O–H groups in total. The maximum absolute atomic E-state index is 12.1. The molecule has 138 valence electrons. The molecule has 2 amide bonds. The monoisotopic (exact) mass is 381 g/mol. The lowest BCUT2D eigenvalue weighted by molar-refractivity contribution is -0.120. The van der Waals surface area contributed by atoms with Gasteiger partial charge in [-0.05, 0) is 42.7 Å². The predicted molar refractivity (Wildman–Crippen MR) is 103 cm³/mol. The molecule has 1 aromatic carbocycles. The number of fused-ring (bicyclic) bond motifs is 1. The van der Waals surface area contributed by atoms with E-state index < -0.39 is 0 Å². The smallest absolute Gasteiger partial charge is 0.227 e. The minimum absolute atomic E-state index is 0.0676. The number of carbonyl (C=O) groups excluding carboxylic acids is 2. The Kier molecular flexibility index (Phi) is 5.02. The van der Waals surface area contributed by atoms with E-state index in [9.17, 15) is 9.59 Å². The number of nitrogens with one attached hydrogen (secondary N) is 2. The van der Waals surface area contributed by atoms with Crippen LogP contribution in [-0.4, -0.2) is 16.8 Å². The maximum atomic E-state index is 12.1. The van der Waals surface area contributed by atoms with Crippen LogP contribution in [0.2, 0.25) is 0 Å². The third-order valence-electron chi connectivity index (χ3n) is 4.43. The molecule has 1 aliphatic heterocycles. The van der Waals surface area contributed by atoms with Crippen molar-refractivity contribution in [2.45, 2.75) is 32.2 Å². The van der Waals surface area contributed by atoms with Crippen LogP contribution in [0, 0.1) is 0 Å². The first-order valence-electron chi connectivity index (χ1n) is 8.84. The van der Waals surface area contributed by atoms with Crippen molar-refractivity contribution in [3.8, 4) is 11.3 Å². The molecule has 2 aromatic heterocycles. The third-order valence-corrected chi connectivity index (χ3v) is 5.28. The van der Waals surface area contributed by atoms with Crippen molar-refractivity contribution >= 4 is 28.8 Å². The molecule has 0 atom stereocenters. The van der Waals surface area contributed by atoms with E-state index in [0.29, 0.717) is 13.0 Å². The van der Waals surface area contributed by atoms with Gasteiger partial charge in [0.1, 0.15) is 10.8 Å². The first-order valence-corrected chi connectivity index (χ1v) is 9.72. The summed E-state index contributed by atoms with van der Waals surface area (Å²) in [5.74, 6) is 0.704. The van der Waals surface area contributed by atoms with Gasteiger partial charge in [0.05, 0.1) is 24.9 Å². The number of benzene rings is 1. The number of nitrogens with zero attached hydrogens (tertiary/aromatic N) is 1. The molecule has 0 unspecified atom stereocenters. The van der Waals surface area contributed by atoms with E-state index in [1.807, 2.05) is 23.6 Å². The maximum Gasteiger partial charge on any atom is 0.227 e. The van der Waals surface area contributed by atoms with Crippen molar-refractivity contribution in [1.29, 1.82) is 0 Å². The minimum Gasteiger partial charge on any atom is -0.467 e. The topological polar surface area (TPSA) is 84.2 Å². The standard InChI is InChI=1S/C20H19N3O3S/c24-18-5-1-3-13-9-14(6-7-16(13)22-18)17-12-27-20(23-17)10-19(25)21-11-15-4-2-8-26-15/h2,4,6-9,12H,1,3,5,10-11H2,(H,21,25)(H,22,24). The summed E-state index contributed by atoms with van der Waals surface area (Å²) in [5, 5.41) is 8.50. The fourth-order valence-corrected chi connectivity index (χ4v) is 3.86. The van der Waals surface area contributed by atoms with E-state index in [1.54, 1.807) is 12.3 Å². The van der Waals surface area contributed by atoms with Crippen LogP contribution in [-0.2, 0) is 29.0 Å². The van der Waals surface area contributed by atoms with Gasteiger partial charge in [0.15, 0.2) is 0 Å². The molecule has 1 aliphatic rings. The van der Waals surface area contributed by atoms with Gasteiger partial charge in [0.2, 0.25) is 11.8 Å². The quantitative estimate of drug-likeness (QED) is 0.708. The number of furan rings is 1. The highest BCUT2D eigenvalue weighted by Gasteiger charge is 2.15. The summed E-state index contributed by atoms with van der Waals surface area (Å²) in [6, 6.07) is 9.59. The first-order chi connectivity index (χ1) is 13.2. The van der Waals surface area contributed by atoms with Crippen molar-refractivity contribution in [2.75, 3.05) is 5.32 Å². The van der Waals surface area contributed by atoms with Gasteiger partial charge in [-0.15, -0.1) is 11.3 Å². The Labute approximate surface area is 160 Å². The highest BCUT2D eigenvalue weighted by molar-refractivity contribution is 7.10. The lowest BCUT2D eigenvalue weighted by Gasteiger charge is -2.08. The lowest BCUT2D eigenvalue weighted by Crippen LogP contribution is -2.24. The summed E-state index contributed by atoms with van der Waals surface area (Å²) in [7, 11) is 0. The zero-order valence-electron chi connectivity index (χ0n) is 14.7. The van der Waals surface area contributed by atoms with Crippen LogP contribution in [0.3, 0.4) is 0 Å². The van der Waals surface area contributed by atoms with Gasteiger partial charge in [-0.3, -0.25) is 9.59 Å². The number of aryl methyl sites for hydroxylation is 1. The summed E-state index contributed by atoms with van der Waals surface area (Å²) >= 11 is 1.47. The molecule has 7 heteroatoms. The van der Waals surface area contributed by atoms with E-state index in [2.05, 4.69) is 21.7 Å². The van der Waals surface area contributed by atoms with Gasteiger partial charge < -0.3 is 15.1 Å². The van der Waals surface area contributed by atoms with Crippen molar-refractivity contribution < 1.29 is 14.0 Å². The number of carbonyl (C=O) groups is 2. The second-order valence-corrected chi connectivity index (χ2v) is 7.38. The molecule has 0 aliphatic carbocycles. The minimum atomic E-state index is -0.0862. The highest BCUT2D eigenvalue weighted by atomic mass is 32.1. The van der Waals surface area contributed by atoms with Crippen LogP contribution >= 0.6 is 11.3 Å². The Bertz CT molecular complexity index is 963. The van der Waals surface area contributed by atoms with Crippen LogP contribution in [0.4, 0.5) is 5.69 Å².